The summed E-state index contributed by atoms with van der Waals surface area (Å²) in [5, 5.41) is 17.4. The first-order valence-corrected chi connectivity index (χ1v) is 10.7. The molecule has 2 aliphatic heterocycles. The molecule has 0 aliphatic carbocycles. The Labute approximate surface area is 199 Å². The molecule has 1 fully saturated rings. The Bertz CT molecular complexity index is 1260. The summed E-state index contributed by atoms with van der Waals surface area (Å²) in [6.45, 7) is 4.28. The number of alkyl halides is 3. The zero-order valence-electron chi connectivity index (χ0n) is 18.5. The molecule has 7 nitrogen and oxygen atoms in total. The highest BCUT2D eigenvalue weighted by atomic mass is 19.4. The second-order valence-corrected chi connectivity index (χ2v) is 8.08. The van der Waals surface area contributed by atoms with Crippen molar-refractivity contribution in [3.8, 4) is 6.07 Å². The fourth-order valence-electron chi connectivity index (χ4n) is 3.85. The van der Waals surface area contributed by atoms with Crippen LogP contribution in [0.3, 0.4) is 0 Å². The van der Waals surface area contributed by atoms with Gasteiger partial charge in [-0.05, 0) is 35.9 Å². The first-order chi connectivity index (χ1) is 16.8. The fraction of sp³-hybridized carbons (Fsp3) is 0.240. The van der Waals surface area contributed by atoms with Gasteiger partial charge in [-0.25, -0.2) is 0 Å². The summed E-state index contributed by atoms with van der Waals surface area (Å²) in [6.07, 6.45) is -0.0794. The van der Waals surface area contributed by atoms with Gasteiger partial charge in [0.05, 0.1) is 40.9 Å². The molecular weight excluding hydrogens is 459 g/mol. The van der Waals surface area contributed by atoms with E-state index >= 15 is 0 Å². The highest BCUT2D eigenvalue weighted by molar-refractivity contribution is 5.87. The molecule has 178 valence electrons. The van der Waals surface area contributed by atoms with Gasteiger partial charge in [0.2, 0.25) is 5.91 Å². The van der Waals surface area contributed by atoms with E-state index in [1.165, 1.54) is 22.9 Å². The number of benzene rings is 2. The van der Waals surface area contributed by atoms with Crippen LogP contribution in [-0.4, -0.2) is 40.9 Å². The molecule has 2 aromatic carbocycles. The van der Waals surface area contributed by atoms with E-state index in [4.69, 9.17) is 10.00 Å². The van der Waals surface area contributed by atoms with E-state index in [9.17, 15) is 18.0 Å². The topological polar surface area (TPSA) is 81.1 Å². The maximum absolute atomic E-state index is 12.8. The number of nitrogens with zero attached hydrogens (tertiary/aromatic N) is 5. The Morgan fingerprint density at radius 3 is 2.71 bits per heavy atom. The SMILES string of the molecule is C=CC(=O)N1CC(/C=[N+]2/C=C(c3cccc(C#N)c3)N=N2)[C@H](OCc2ccc(C(F)(F)F)cc2)C1. The molecule has 2 aromatic rings. The molecule has 0 aromatic heterocycles. The van der Waals surface area contributed by atoms with Crippen LogP contribution in [0, 0.1) is 17.2 Å². The van der Waals surface area contributed by atoms with Gasteiger partial charge in [0.1, 0.15) is 11.4 Å². The van der Waals surface area contributed by atoms with Gasteiger partial charge in [0.25, 0.3) is 5.70 Å². The standard InChI is InChI=1S/C25H21F3N5O2/c1-2-24(34)32-12-20(13-33-14-22(30-31-33)19-5-3-4-18(10-19)11-29)23(15-32)35-16-17-6-8-21(9-7-17)25(26,27)28/h2-10,13-14,20,23H,1,12,15-16H2/q+1/b33-13-/t20?,23-/m1/s1. The summed E-state index contributed by atoms with van der Waals surface area (Å²) < 4.78 is 45.9. The van der Waals surface area contributed by atoms with Crippen LogP contribution in [0.25, 0.3) is 5.70 Å². The zero-order chi connectivity index (χ0) is 25.0. The molecule has 0 spiro atoms. The van der Waals surface area contributed by atoms with Gasteiger partial charge >= 0.3 is 6.18 Å². The predicted molar refractivity (Wildman–Crippen MR) is 121 cm³/mol. The summed E-state index contributed by atoms with van der Waals surface area (Å²) in [5.41, 5.74) is 1.70. The molecule has 35 heavy (non-hydrogen) atoms. The molecule has 2 heterocycles. The third kappa shape index (κ3) is 5.70. The lowest BCUT2D eigenvalue weighted by molar-refractivity contribution is -0.461. The van der Waals surface area contributed by atoms with Gasteiger partial charge in [0, 0.05) is 18.7 Å². The molecule has 2 atom stereocenters. The average molecular weight is 480 g/mol. The number of ether oxygens (including phenoxy) is 1. The van der Waals surface area contributed by atoms with Crippen molar-refractivity contribution >= 4 is 17.8 Å². The number of rotatable bonds is 6. The summed E-state index contributed by atoms with van der Waals surface area (Å²) in [5.74, 6) is -0.482. The van der Waals surface area contributed by atoms with Gasteiger partial charge in [-0.3, -0.25) is 4.79 Å². The second-order valence-electron chi connectivity index (χ2n) is 8.08. The van der Waals surface area contributed by atoms with E-state index in [2.05, 4.69) is 23.0 Å². The number of hydrogen-bond donors (Lipinski definition) is 0. The van der Waals surface area contributed by atoms with E-state index < -0.39 is 17.8 Å². The molecule has 0 saturated carbocycles. The van der Waals surface area contributed by atoms with Crippen LogP contribution in [0.5, 0.6) is 0 Å². The van der Waals surface area contributed by atoms with Crippen LogP contribution in [0.15, 0.2) is 77.7 Å². The Hall–Kier alpha value is -4.10. The number of carbonyl (C=O) groups excluding carboxylic acids is 1. The van der Waals surface area contributed by atoms with Crippen molar-refractivity contribution in [1.29, 1.82) is 5.26 Å². The van der Waals surface area contributed by atoms with E-state index in [0.29, 0.717) is 29.9 Å². The highest BCUT2D eigenvalue weighted by Gasteiger charge is 2.36. The lowest BCUT2D eigenvalue weighted by atomic mass is 10.1. The molecular formula is C25H21F3N5O2+. The normalized spacial score (nSPS) is 20.7. The minimum absolute atomic E-state index is 0.0901. The van der Waals surface area contributed by atoms with Gasteiger partial charge < -0.3 is 9.64 Å². The number of hydrogen-bond acceptors (Lipinski definition) is 5. The molecule has 1 amide bonds. The lowest BCUT2D eigenvalue weighted by Gasteiger charge is -2.16. The molecule has 4 rings (SSSR count). The Balaban J connectivity index is 1.49. The van der Waals surface area contributed by atoms with Gasteiger partial charge in [0.15, 0.2) is 6.20 Å². The van der Waals surface area contributed by atoms with Gasteiger partial charge in [-0.15, -0.1) is 4.68 Å². The smallest absolute Gasteiger partial charge is 0.371 e. The third-order valence-corrected chi connectivity index (χ3v) is 5.68. The number of amides is 1. The summed E-state index contributed by atoms with van der Waals surface area (Å²) in [4.78, 5) is 13.8. The maximum atomic E-state index is 12.8. The van der Waals surface area contributed by atoms with Crippen molar-refractivity contribution in [2.24, 2.45) is 16.3 Å². The highest BCUT2D eigenvalue weighted by Crippen LogP contribution is 2.29. The molecule has 0 bridgehead atoms. The van der Waals surface area contributed by atoms with Crippen LogP contribution >= 0.6 is 0 Å². The second kappa shape index (κ2) is 10.0. The number of likely N-dealkylation sites (tertiary alicyclic amines) is 1. The van der Waals surface area contributed by atoms with Crippen molar-refractivity contribution in [2.45, 2.75) is 18.9 Å². The van der Waals surface area contributed by atoms with Crippen LogP contribution in [0.4, 0.5) is 13.2 Å². The molecule has 0 N–H and O–H groups in total. The monoisotopic (exact) mass is 480 g/mol. The van der Waals surface area contributed by atoms with Crippen LogP contribution in [0.2, 0.25) is 0 Å². The van der Waals surface area contributed by atoms with Crippen molar-refractivity contribution in [1.82, 2.24) is 4.90 Å². The van der Waals surface area contributed by atoms with Gasteiger partial charge in [-0.2, -0.15) is 18.4 Å². The molecule has 0 radical (unpaired) electrons. The van der Waals surface area contributed by atoms with E-state index in [1.807, 2.05) is 6.07 Å². The summed E-state index contributed by atoms with van der Waals surface area (Å²) in [7, 11) is 0. The maximum Gasteiger partial charge on any atom is 0.416 e. The Kier molecular flexibility index (Phi) is 6.89. The van der Waals surface area contributed by atoms with Crippen molar-refractivity contribution < 1.29 is 27.4 Å². The average Bonchev–Trinajstić information content (AvgIpc) is 3.49. The van der Waals surface area contributed by atoms with E-state index in [1.54, 1.807) is 35.5 Å². The Morgan fingerprint density at radius 1 is 1.26 bits per heavy atom. The third-order valence-electron chi connectivity index (χ3n) is 5.68. The number of carbonyl (C=O) groups is 1. The molecule has 10 heteroatoms. The van der Waals surface area contributed by atoms with Crippen LogP contribution in [-0.2, 0) is 22.3 Å². The summed E-state index contributed by atoms with van der Waals surface area (Å²) in [6, 6.07) is 13.9. The zero-order valence-corrected chi connectivity index (χ0v) is 18.5. The largest absolute Gasteiger partial charge is 0.416 e. The first kappa shape index (κ1) is 24.0. The predicted octanol–water partition coefficient (Wildman–Crippen LogP) is 4.57. The first-order valence-electron chi connectivity index (χ1n) is 10.7. The van der Waals surface area contributed by atoms with E-state index in [-0.39, 0.29) is 18.4 Å². The summed E-state index contributed by atoms with van der Waals surface area (Å²) >= 11 is 0. The lowest BCUT2D eigenvalue weighted by Crippen LogP contribution is -2.28. The van der Waals surface area contributed by atoms with Gasteiger partial charge in [-0.1, -0.05) is 30.8 Å². The van der Waals surface area contributed by atoms with Crippen molar-refractivity contribution in [2.75, 3.05) is 13.1 Å². The number of halogens is 3. The molecule has 1 unspecified atom stereocenters. The van der Waals surface area contributed by atoms with Crippen LogP contribution < -0.4 is 0 Å². The molecule has 1 saturated heterocycles. The number of nitriles is 1. The Morgan fingerprint density at radius 2 is 2.03 bits per heavy atom. The van der Waals surface area contributed by atoms with Crippen molar-refractivity contribution in [3.05, 3.63) is 89.6 Å². The fourth-order valence-corrected chi connectivity index (χ4v) is 3.85. The van der Waals surface area contributed by atoms with Crippen LogP contribution in [0.1, 0.15) is 22.3 Å². The minimum Gasteiger partial charge on any atom is -0.371 e. The molecule has 2 aliphatic rings. The quantitative estimate of drug-likeness (QED) is 0.449. The van der Waals surface area contributed by atoms with E-state index in [0.717, 1.165) is 17.7 Å². The minimum atomic E-state index is -4.40. The van der Waals surface area contributed by atoms with Crippen molar-refractivity contribution in [3.63, 3.8) is 0 Å².